The number of nitrogens with zero attached hydrogens (tertiary/aromatic N) is 1. The van der Waals surface area contributed by atoms with E-state index in [1.165, 1.54) is 16.7 Å². The number of unbranched alkanes of at least 4 members (excludes halogenated alkanes) is 1. The third-order valence-electron chi connectivity index (χ3n) is 5.02. The fraction of sp³-hybridized carbons (Fsp3) is 0.273. The molecule has 0 unspecified atom stereocenters. The summed E-state index contributed by atoms with van der Waals surface area (Å²) in [7, 11) is 0. The molecule has 28 heavy (non-hydrogen) atoms. The average Bonchev–Trinajstić information content (AvgIpc) is 2.93. The SMILES string of the molecule is CCCC[C@@H](C(=O)O)c1c(C)n(C(=O)c2ccc(Cl)cc2)c2ccc(O)cc12. The number of carboxylic acids is 1. The van der Waals surface area contributed by atoms with Crippen molar-refractivity contribution in [3.05, 3.63) is 64.3 Å². The summed E-state index contributed by atoms with van der Waals surface area (Å²) < 4.78 is 1.52. The minimum atomic E-state index is -0.933. The molecule has 2 aromatic carbocycles. The van der Waals surface area contributed by atoms with Gasteiger partial charge in [-0.1, -0.05) is 31.4 Å². The van der Waals surface area contributed by atoms with Gasteiger partial charge < -0.3 is 10.2 Å². The van der Waals surface area contributed by atoms with Crippen molar-refractivity contribution in [2.24, 2.45) is 0 Å². The number of hydrogen-bond donors (Lipinski definition) is 2. The predicted octanol–water partition coefficient (Wildman–Crippen LogP) is 5.36. The van der Waals surface area contributed by atoms with E-state index < -0.39 is 11.9 Å². The Morgan fingerprint density at radius 1 is 1.14 bits per heavy atom. The number of phenolic OH excluding ortho intramolecular Hbond substituents is 1. The van der Waals surface area contributed by atoms with Crippen LogP contribution in [0.15, 0.2) is 42.5 Å². The molecule has 0 radical (unpaired) electrons. The first kappa shape index (κ1) is 20.0. The van der Waals surface area contributed by atoms with Crippen molar-refractivity contribution >= 4 is 34.4 Å². The van der Waals surface area contributed by atoms with E-state index in [0.717, 1.165) is 12.8 Å². The molecular weight excluding hydrogens is 378 g/mol. The van der Waals surface area contributed by atoms with E-state index in [0.29, 0.717) is 39.2 Å². The molecular formula is C22H22ClNO4. The molecule has 3 rings (SSSR count). The summed E-state index contributed by atoms with van der Waals surface area (Å²) in [6.45, 7) is 3.76. The topological polar surface area (TPSA) is 79.5 Å². The number of fused-ring (bicyclic) bond motifs is 1. The summed E-state index contributed by atoms with van der Waals surface area (Å²) in [6, 6.07) is 11.2. The van der Waals surface area contributed by atoms with Crippen LogP contribution in [0.3, 0.4) is 0 Å². The van der Waals surface area contributed by atoms with Crippen LogP contribution < -0.4 is 0 Å². The lowest BCUT2D eigenvalue weighted by Gasteiger charge is -2.13. The van der Waals surface area contributed by atoms with Crippen molar-refractivity contribution in [2.75, 3.05) is 0 Å². The number of carbonyl (C=O) groups excluding carboxylic acids is 1. The lowest BCUT2D eigenvalue weighted by Crippen LogP contribution is -2.16. The Morgan fingerprint density at radius 3 is 2.43 bits per heavy atom. The van der Waals surface area contributed by atoms with Gasteiger partial charge in [-0.05, 0) is 61.4 Å². The molecule has 1 atom stereocenters. The number of aliphatic carboxylic acids is 1. The second-order valence-corrected chi connectivity index (χ2v) is 7.32. The molecule has 3 aromatic rings. The standard InChI is InChI=1S/C22H22ClNO4/c1-3-4-5-17(22(27)28)20-13(2)24(19-11-10-16(25)12-18(19)20)21(26)14-6-8-15(23)9-7-14/h6-12,17,25H,3-5H2,1-2H3,(H,27,28)/t17-/m1/s1. The molecule has 2 N–H and O–H groups in total. The second-order valence-electron chi connectivity index (χ2n) is 6.88. The van der Waals surface area contributed by atoms with E-state index in [2.05, 4.69) is 0 Å². The van der Waals surface area contributed by atoms with Crippen LogP contribution in [0.1, 0.15) is 53.7 Å². The lowest BCUT2D eigenvalue weighted by molar-refractivity contribution is -0.139. The van der Waals surface area contributed by atoms with Gasteiger partial charge in [-0.2, -0.15) is 0 Å². The zero-order valence-electron chi connectivity index (χ0n) is 15.8. The summed E-state index contributed by atoms with van der Waals surface area (Å²) in [5, 5.41) is 20.9. The molecule has 146 valence electrons. The fourth-order valence-corrected chi connectivity index (χ4v) is 3.78. The Kier molecular flexibility index (Phi) is 5.75. The predicted molar refractivity (Wildman–Crippen MR) is 109 cm³/mol. The maximum atomic E-state index is 13.2. The lowest BCUT2D eigenvalue weighted by atomic mass is 9.91. The summed E-state index contributed by atoms with van der Waals surface area (Å²) in [5.74, 6) is -1.92. The zero-order valence-corrected chi connectivity index (χ0v) is 16.5. The van der Waals surface area contributed by atoms with Gasteiger partial charge in [-0.3, -0.25) is 14.2 Å². The zero-order chi connectivity index (χ0) is 20.4. The first-order chi connectivity index (χ1) is 13.3. The molecule has 0 fully saturated rings. The third kappa shape index (κ3) is 3.62. The number of aromatic hydroxyl groups is 1. The molecule has 0 aliphatic carbocycles. The normalized spacial score (nSPS) is 12.2. The van der Waals surface area contributed by atoms with E-state index in [9.17, 15) is 19.8 Å². The fourth-order valence-electron chi connectivity index (χ4n) is 3.65. The van der Waals surface area contributed by atoms with E-state index in [4.69, 9.17) is 11.6 Å². The summed E-state index contributed by atoms with van der Waals surface area (Å²) in [6.07, 6.45) is 2.10. The highest BCUT2D eigenvalue weighted by atomic mass is 35.5. The molecule has 0 saturated carbocycles. The Morgan fingerprint density at radius 2 is 1.82 bits per heavy atom. The van der Waals surface area contributed by atoms with Gasteiger partial charge in [-0.15, -0.1) is 0 Å². The highest BCUT2D eigenvalue weighted by molar-refractivity contribution is 6.30. The maximum absolute atomic E-state index is 13.2. The number of rotatable bonds is 6. The molecule has 0 aliphatic rings. The minimum Gasteiger partial charge on any atom is -0.508 e. The van der Waals surface area contributed by atoms with Crippen LogP contribution >= 0.6 is 11.6 Å². The number of halogens is 1. The quantitative estimate of drug-likeness (QED) is 0.585. The van der Waals surface area contributed by atoms with E-state index >= 15 is 0 Å². The van der Waals surface area contributed by atoms with E-state index in [-0.39, 0.29) is 11.7 Å². The van der Waals surface area contributed by atoms with Crippen LogP contribution in [0.4, 0.5) is 0 Å². The van der Waals surface area contributed by atoms with Crippen LogP contribution in [0.25, 0.3) is 10.9 Å². The molecule has 1 aromatic heterocycles. The Labute approximate surface area is 168 Å². The van der Waals surface area contributed by atoms with Crippen LogP contribution in [-0.2, 0) is 4.79 Å². The summed E-state index contributed by atoms with van der Waals surface area (Å²) >= 11 is 5.92. The van der Waals surface area contributed by atoms with Gasteiger partial charge in [-0.25, -0.2) is 0 Å². The number of hydrogen-bond acceptors (Lipinski definition) is 3. The molecule has 0 amide bonds. The molecule has 1 heterocycles. The average molecular weight is 400 g/mol. The van der Waals surface area contributed by atoms with Gasteiger partial charge in [0.05, 0.1) is 11.4 Å². The van der Waals surface area contributed by atoms with Crippen molar-refractivity contribution in [3.63, 3.8) is 0 Å². The summed E-state index contributed by atoms with van der Waals surface area (Å²) in [4.78, 5) is 25.2. The van der Waals surface area contributed by atoms with E-state index in [1.54, 1.807) is 37.3 Å². The molecule has 0 spiro atoms. The van der Waals surface area contributed by atoms with Gasteiger partial charge in [0.15, 0.2) is 0 Å². The van der Waals surface area contributed by atoms with Crippen molar-refractivity contribution < 1.29 is 19.8 Å². The second kappa shape index (κ2) is 8.07. The molecule has 0 saturated heterocycles. The monoisotopic (exact) mass is 399 g/mol. The third-order valence-corrected chi connectivity index (χ3v) is 5.28. The van der Waals surface area contributed by atoms with Gasteiger partial charge in [0.1, 0.15) is 5.75 Å². The van der Waals surface area contributed by atoms with Gasteiger partial charge in [0, 0.05) is 21.7 Å². The van der Waals surface area contributed by atoms with Gasteiger partial charge in [0.25, 0.3) is 5.91 Å². The van der Waals surface area contributed by atoms with Gasteiger partial charge >= 0.3 is 5.97 Å². The number of carbonyl (C=O) groups is 2. The van der Waals surface area contributed by atoms with Crippen LogP contribution in [-0.4, -0.2) is 26.7 Å². The Hall–Kier alpha value is -2.79. The summed E-state index contributed by atoms with van der Waals surface area (Å²) in [5.41, 5.74) is 2.18. The van der Waals surface area contributed by atoms with Crippen LogP contribution in [0.2, 0.25) is 5.02 Å². The number of phenols is 1. The van der Waals surface area contributed by atoms with E-state index in [1.807, 2.05) is 6.92 Å². The highest BCUT2D eigenvalue weighted by Crippen LogP contribution is 2.37. The van der Waals surface area contributed by atoms with Crippen molar-refractivity contribution in [1.82, 2.24) is 4.57 Å². The smallest absolute Gasteiger partial charge is 0.311 e. The van der Waals surface area contributed by atoms with Crippen LogP contribution in [0, 0.1) is 6.92 Å². The minimum absolute atomic E-state index is 0.0319. The Bertz CT molecular complexity index is 1040. The van der Waals surface area contributed by atoms with Gasteiger partial charge in [0.2, 0.25) is 0 Å². The van der Waals surface area contributed by atoms with Crippen LogP contribution in [0.5, 0.6) is 5.75 Å². The number of carboxylic acid groups (broad SMARTS) is 1. The largest absolute Gasteiger partial charge is 0.508 e. The Balaban J connectivity index is 2.24. The molecule has 0 aliphatic heterocycles. The first-order valence-corrected chi connectivity index (χ1v) is 9.60. The number of aromatic nitrogens is 1. The number of benzene rings is 2. The molecule has 0 bridgehead atoms. The van der Waals surface area contributed by atoms with Crippen molar-refractivity contribution in [3.8, 4) is 5.75 Å². The molecule has 6 heteroatoms. The maximum Gasteiger partial charge on any atom is 0.311 e. The first-order valence-electron chi connectivity index (χ1n) is 9.22. The molecule has 5 nitrogen and oxygen atoms in total. The highest BCUT2D eigenvalue weighted by Gasteiger charge is 2.29. The van der Waals surface area contributed by atoms with Crippen molar-refractivity contribution in [1.29, 1.82) is 0 Å². The van der Waals surface area contributed by atoms with Crippen molar-refractivity contribution in [2.45, 2.75) is 39.0 Å².